The number of nitrogens with zero attached hydrogens (tertiary/aromatic N) is 8. The maximum Gasteiger partial charge on any atom is 3.00 e. The van der Waals surface area contributed by atoms with E-state index in [0.717, 1.165) is 87.5 Å². The SMILES string of the molecule is C.CCO.CO.CO.C[Si](C)(C)c1ccc(-c2[c-]cc3c(c2)c2ccccc2n3-c2ccccc2)nc1.C[Si](C)(C)c1ccc(-c2ccc3c(c2)c2ccccc2n3-c2ccccc2)nc1.O=S(=O)(O)C(F)(F)F.[Ir+3].[Ir].[c-]1ccccc1-c1ccccn1.[c-]1ccccc1-c1ccccn1.[c-]1ccccc1-c1ccccn1.[c-]1ccccc1-c1ccccn1. The van der Waals surface area contributed by atoms with Crippen molar-refractivity contribution >= 4 is 80.3 Å². The molecular weight excluding hydrogens is 1960 g/mol. The average Bonchev–Trinajstić information content (AvgIpc) is 1.60. The van der Waals surface area contributed by atoms with Crippen LogP contribution in [0.2, 0.25) is 39.3 Å². The minimum atomic E-state index is -5.84. The molecule has 0 bridgehead atoms. The van der Waals surface area contributed by atoms with E-state index in [2.05, 4.69) is 269 Å². The van der Waals surface area contributed by atoms with E-state index in [1.165, 1.54) is 59.7 Å². The van der Waals surface area contributed by atoms with Crippen molar-refractivity contribution in [3.8, 4) is 78.9 Å². The molecule has 0 atom stereocenters. The predicted molar refractivity (Wildman–Crippen MR) is 500 cm³/mol. The van der Waals surface area contributed by atoms with E-state index in [1.54, 1.807) is 31.7 Å². The van der Waals surface area contributed by atoms with Gasteiger partial charge in [-0.1, -0.05) is 198 Å². The number of aliphatic hydroxyl groups is 3. The van der Waals surface area contributed by atoms with Gasteiger partial charge in [-0.2, -0.15) is 21.6 Å². The summed E-state index contributed by atoms with van der Waals surface area (Å²) in [6.45, 7) is 16.0. The first-order valence-corrected chi connectivity index (χ1v) is 47.1. The maximum absolute atomic E-state index is 10.7. The smallest absolute Gasteiger partial charge is 0.400 e. The summed E-state index contributed by atoms with van der Waals surface area (Å²) in [7, 11) is -6.52. The van der Waals surface area contributed by atoms with E-state index < -0.39 is 31.8 Å². The standard InChI is InChI=1S/C26H24N2Si.C26H23N2Si.4C11H8N.C2H6O.CHF3O3S.2CH4O.CH4.2Ir/c2*1-29(2,3)21-14-15-24(27-18-21)19-13-16-26-23(17-19)22-11-7-8-12-25(22)28(26)20-9-5-4-6-10-20;4*1-2-6-10(7-3-1)11-8-4-5-9-12-11;1-2-3;2-1(3,4)8(5,6)7;2*1-2;;;/h4-18H,1-3H3;4-12,14-18H,1-3H3;4*1-6,8-9H;3H,2H2,1H3;(H,5,6,7);2*2H,1H3;1H4;;/q;5*-1;;;;;;;+3. The van der Waals surface area contributed by atoms with Crippen LogP contribution in [0.15, 0.2) is 371 Å². The van der Waals surface area contributed by atoms with Gasteiger partial charge in [0.1, 0.15) is 0 Å². The van der Waals surface area contributed by atoms with Gasteiger partial charge in [0.25, 0.3) is 0 Å². The molecule has 124 heavy (non-hydrogen) atoms. The number of para-hydroxylation sites is 4. The molecule has 22 heteroatoms. The minimum absolute atomic E-state index is 0. The number of hydrogen-bond donors (Lipinski definition) is 4. The van der Waals surface area contributed by atoms with Gasteiger partial charge in [-0.3, -0.25) is 9.54 Å². The molecule has 18 rings (SSSR count). The number of alkyl halides is 3. The first-order valence-electron chi connectivity index (χ1n) is 38.7. The van der Waals surface area contributed by atoms with E-state index in [-0.39, 0.29) is 54.2 Å². The molecule has 0 amide bonds. The van der Waals surface area contributed by atoms with Crippen molar-refractivity contribution in [3.63, 3.8) is 0 Å². The van der Waals surface area contributed by atoms with Crippen LogP contribution < -0.4 is 10.4 Å². The van der Waals surface area contributed by atoms with Crippen molar-refractivity contribution in [2.45, 2.75) is 59.1 Å². The van der Waals surface area contributed by atoms with Crippen molar-refractivity contribution in [2.24, 2.45) is 0 Å². The Hall–Kier alpha value is -12.0. The molecule has 1 radical (unpaired) electrons. The van der Waals surface area contributed by atoms with Gasteiger partial charge in [-0.25, -0.2) is 0 Å². The number of rotatable bonds is 10. The third kappa shape index (κ3) is 28.8. The molecule has 18 aromatic rings. The summed E-state index contributed by atoms with van der Waals surface area (Å²) in [5, 5.41) is 29.4. The zero-order chi connectivity index (χ0) is 86.6. The number of halogens is 3. The van der Waals surface area contributed by atoms with Crippen LogP contribution in [0, 0.1) is 30.3 Å². The van der Waals surface area contributed by atoms with Crippen LogP contribution in [0.5, 0.6) is 0 Å². The molecule has 4 N–H and O–H groups in total. The van der Waals surface area contributed by atoms with Gasteiger partial charge in [-0.05, 0) is 136 Å². The van der Waals surface area contributed by atoms with E-state index in [9.17, 15) is 13.2 Å². The Kier molecular flexibility index (Phi) is 41.1. The van der Waals surface area contributed by atoms with Crippen LogP contribution in [0.4, 0.5) is 13.2 Å². The fraction of sp³-hybridized carbons (Fsp3) is 0.118. The Morgan fingerprint density at radius 1 is 0.355 bits per heavy atom. The monoisotopic (exact) mass is 2060 g/mol. The van der Waals surface area contributed by atoms with E-state index in [4.69, 9.17) is 38.3 Å². The summed E-state index contributed by atoms with van der Waals surface area (Å²) < 4.78 is 62.2. The van der Waals surface area contributed by atoms with Gasteiger partial charge in [-0.15, -0.1) is 167 Å². The molecule has 0 aliphatic rings. The average molecular weight is 2060 g/mol. The number of aromatic nitrogens is 8. The van der Waals surface area contributed by atoms with Crippen LogP contribution in [0.25, 0.3) is 123 Å². The number of fused-ring (bicyclic) bond motifs is 6. The number of pyridine rings is 6. The van der Waals surface area contributed by atoms with Gasteiger partial charge in [0.05, 0.1) is 32.9 Å². The maximum atomic E-state index is 10.7. The summed E-state index contributed by atoms with van der Waals surface area (Å²) in [6.07, 6.45) is 11.3. The first-order chi connectivity index (χ1) is 58.6. The Labute approximate surface area is 755 Å². The van der Waals surface area contributed by atoms with Crippen LogP contribution in [-0.4, -0.2) is 110 Å². The quantitative estimate of drug-likeness (QED) is 0.0437. The molecular formula is C102H98F3Ir2N8O6SSi2-2. The fourth-order valence-electron chi connectivity index (χ4n) is 12.2. The molecule has 8 aromatic heterocycles. The van der Waals surface area contributed by atoms with Gasteiger partial charge in [0.2, 0.25) is 0 Å². The molecule has 0 aliphatic heterocycles. The number of benzene rings is 10. The largest absolute Gasteiger partial charge is 3.00 e. The topological polar surface area (TPSA) is 202 Å². The molecule has 0 saturated heterocycles. The molecule has 0 aliphatic carbocycles. The summed E-state index contributed by atoms with van der Waals surface area (Å²) >= 11 is 0. The minimum Gasteiger partial charge on any atom is -0.400 e. The predicted octanol–water partition coefficient (Wildman–Crippen LogP) is 23.0. The first kappa shape index (κ1) is 101. The van der Waals surface area contributed by atoms with E-state index in [0.29, 0.717) is 0 Å². The third-order valence-corrected chi connectivity index (χ3v) is 22.7. The van der Waals surface area contributed by atoms with Crippen LogP contribution in [0.1, 0.15) is 14.4 Å². The van der Waals surface area contributed by atoms with Crippen molar-refractivity contribution in [3.05, 3.63) is 401 Å². The normalized spacial score (nSPS) is 10.5. The summed E-state index contributed by atoms with van der Waals surface area (Å²) in [4.78, 5) is 26.4. The molecule has 8 heterocycles. The van der Waals surface area contributed by atoms with Crippen molar-refractivity contribution in [2.75, 3.05) is 20.8 Å². The van der Waals surface area contributed by atoms with Crippen molar-refractivity contribution < 1.29 is 81.7 Å². The summed E-state index contributed by atoms with van der Waals surface area (Å²) in [5.74, 6) is 0. The Bertz CT molecular complexity index is 5530. The third-order valence-electron chi connectivity index (χ3n) is 18.0. The van der Waals surface area contributed by atoms with Crippen molar-refractivity contribution in [1.82, 2.24) is 39.0 Å². The summed E-state index contributed by atoms with van der Waals surface area (Å²) in [6, 6.07) is 129. The number of hydrogen-bond acceptors (Lipinski definition) is 11. The molecule has 0 unspecified atom stereocenters. The van der Waals surface area contributed by atoms with Crippen molar-refractivity contribution in [1.29, 1.82) is 0 Å². The molecule has 0 fully saturated rings. The van der Waals surface area contributed by atoms with Crippen LogP contribution >= 0.6 is 0 Å². The molecule has 14 nitrogen and oxygen atoms in total. The van der Waals surface area contributed by atoms with Crippen LogP contribution in [-0.2, 0) is 50.3 Å². The second-order valence-electron chi connectivity index (χ2n) is 28.3. The Morgan fingerprint density at radius 3 is 0.960 bits per heavy atom. The Morgan fingerprint density at radius 2 is 0.653 bits per heavy atom. The molecule has 0 saturated carbocycles. The second-order valence-corrected chi connectivity index (χ2v) is 39.9. The Balaban J connectivity index is 0.000000231. The second kappa shape index (κ2) is 50.6. The fourth-order valence-corrected chi connectivity index (χ4v) is 14.3. The zero-order valence-corrected chi connectivity index (χ0v) is 76.9. The van der Waals surface area contributed by atoms with Crippen LogP contribution in [0.3, 0.4) is 0 Å². The zero-order valence-electron chi connectivity index (χ0n) is 69.3. The number of aliphatic hydroxyl groups excluding tert-OH is 3. The molecule has 637 valence electrons. The van der Waals surface area contributed by atoms with Gasteiger partial charge in [0.15, 0.2) is 0 Å². The van der Waals surface area contributed by atoms with Gasteiger partial charge >= 0.3 is 35.7 Å². The van der Waals surface area contributed by atoms with Gasteiger partial charge in [0, 0.05) is 111 Å². The van der Waals surface area contributed by atoms with Gasteiger partial charge < -0.3 is 49.4 Å². The van der Waals surface area contributed by atoms with E-state index >= 15 is 0 Å². The summed E-state index contributed by atoms with van der Waals surface area (Å²) in [5.41, 5.74) is 13.9. The van der Waals surface area contributed by atoms with E-state index in [1.807, 2.05) is 176 Å². The molecule has 10 aromatic carbocycles. The molecule has 0 spiro atoms.